The third kappa shape index (κ3) is 2.23. The lowest BCUT2D eigenvalue weighted by atomic mass is 10.3. The number of aryl methyl sites for hydroxylation is 2. The fourth-order valence-electron chi connectivity index (χ4n) is 1.03. The van der Waals surface area contributed by atoms with Gasteiger partial charge in [0.1, 0.15) is 0 Å². The van der Waals surface area contributed by atoms with E-state index in [0.717, 1.165) is 11.4 Å². The van der Waals surface area contributed by atoms with E-state index >= 15 is 0 Å². The lowest BCUT2D eigenvalue weighted by Crippen LogP contribution is -2.07. The van der Waals surface area contributed by atoms with Crippen LogP contribution in [0.2, 0.25) is 0 Å². The molecule has 1 rings (SSSR count). The Morgan fingerprint density at radius 2 is 1.92 bits per heavy atom. The topological polar surface area (TPSA) is 62.2 Å². The zero-order chi connectivity index (χ0) is 9.14. The Morgan fingerprint density at radius 1 is 1.42 bits per heavy atom. The number of anilines is 1. The van der Waals surface area contributed by atoms with Gasteiger partial charge in [-0.15, -0.1) is 0 Å². The molecule has 1 heterocycles. The molecule has 1 amide bonds. The molecule has 1 aromatic rings. The molecule has 0 aliphatic carbocycles. The van der Waals surface area contributed by atoms with Crippen LogP contribution >= 0.6 is 0 Å². The molecule has 0 saturated carbocycles. The molecule has 0 bridgehead atoms. The second kappa shape index (κ2) is 3.21. The van der Waals surface area contributed by atoms with E-state index < -0.39 is 6.09 Å². The van der Waals surface area contributed by atoms with Crippen molar-refractivity contribution >= 4 is 11.8 Å². The Labute approximate surface area is 70.3 Å². The fourth-order valence-corrected chi connectivity index (χ4v) is 1.03. The van der Waals surface area contributed by atoms with Crippen molar-refractivity contribution in [2.75, 3.05) is 5.32 Å². The second-order valence-electron chi connectivity index (χ2n) is 2.57. The highest BCUT2D eigenvalue weighted by atomic mass is 16.4. The number of rotatable bonds is 1. The molecule has 0 fully saturated rings. The number of carbonyl (C=O) groups is 1. The van der Waals surface area contributed by atoms with Crippen LogP contribution in [-0.4, -0.2) is 16.2 Å². The van der Waals surface area contributed by atoms with E-state index in [1.54, 1.807) is 12.1 Å². The SMILES string of the molecule is Cc1cc(NC(=O)O)cc(C)n1. The molecule has 0 radical (unpaired) electrons. The Bertz CT molecular complexity index is 290. The van der Waals surface area contributed by atoms with Crippen molar-refractivity contribution in [1.82, 2.24) is 4.98 Å². The summed E-state index contributed by atoms with van der Waals surface area (Å²) in [7, 11) is 0. The number of carboxylic acid groups (broad SMARTS) is 1. The number of nitrogens with zero attached hydrogens (tertiary/aromatic N) is 1. The van der Waals surface area contributed by atoms with Gasteiger partial charge in [0.15, 0.2) is 0 Å². The van der Waals surface area contributed by atoms with E-state index in [1.807, 2.05) is 13.8 Å². The first kappa shape index (κ1) is 8.52. The lowest BCUT2D eigenvalue weighted by molar-refractivity contribution is 0.210. The summed E-state index contributed by atoms with van der Waals surface area (Å²) in [6, 6.07) is 3.36. The molecular weight excluding hydrogens is 156 g/mol. The molecule has 0 aliphatic rings. The minimum Gasteiger partial charge on any atom is -0.465 e. The van der Waals surface area contributed by atoms with Gasteiger partial charge in [0.2, 0.25) is 0 Å². The molecule has 0 aliphatic heterocycles. The van der Waals surface area contributed by atoms with Crippen molar-refractivity contribution in [3.05, 3.63) is 23.5 Å². The van der Waals surface area contributed by atoms with E-state index in [0.29, 0.717) is 5.69 Å². The van der Waals surface area contributed by atoms with Gasteiger partial charge >= 0.3 is 6.09 Å². The summed E-state index contributed by atoms with van der Waals surface area (Å²) < 4.78 is 0. The van der Waals surface area contributed by atoms with Crippen molar-refractivity contribution < 1.29 is 9.90 Å². The minimum absolute atomic E-state index is 0.563. The molecule has 0 saturated heterocycles. The fraction of sp³-hybridized carbons (Fsp3) is 0.250. The largest absolute Gasteiger partial charge is 0.465 e. The average Bonchev–Trinajstić information content (AvgIpc) is 1.81. The van der Waals surface area contributed by atoms with Crippen molar-refractivity contribution in [3.8, 4) is 0 Å². The van der Waals surface area contributed by atoms with E-state index in [2.05, 4.69) is 10.3 Å². The maximum absolute atomic E-state index is 10.3. The number of nitrogens with one attached hydrogen (secondary N) is 1. The average molecular weight is 166 g/mol. The predicted octanol–water partition coefficient (Wildman–Crippen LogP) is 1.79. The molecule has 0 atom stereocenters. The highest BCUT2D eigenvalue weighted by Gasteiger charge is 1.99. The van der Waals surface area contributed by atoms with Gasteiger partial charge in [0.05, 0.1) is 0 Å². The van der Waals surface area contributed by atoms with Gasteiger partial charge in [-0.05, 0) is 26.0 Å². The first-order valence-corrected chi connectivity index (χ1v) is 3.53. The second-order valence-corrected chi connectivity index (χ2v) is 2.57. The van der Waals surface area contributed by atoms with Crippen molar-refractivity contribution in [2.24, 2.45) is 0 Å². The van der Waals surface area contributed by atoms with Crippen LogP contribution in [0.1, 0.15) is 11.4 Å². The Balaban J connectivity index is 2.93. The standard InChI is InChI=1S/C8H10N2O2/c1-5-3-7(10-8(11)12)4-6(2)9-5/h3-4H,1-2H3,(H,9,10)(H,11,12). The molecule has 2 N–H and O–H groups in total. The minimum atomic E-state index is -1.06. The summed E-state index contributed by atoms with van der Waals surface area (Å²) in [6.45, 7) is 3.64. The number of pyridine rings is 1. The third-order valence-electron chi connectivity index (χ3n) is 1.33. The monoisotopic (exact) mass is 166 g/mol. The maximum Gasteiger partial charge on any atom is 0.409 e. The van der Waals surface area contributed by atoms with E-state index in [-0.39, 0.29) is 0 Å². The van der Waals surface area contributed by atoms with Crippen molar-refractivity contribution in [1.29, 1.82) is 0 Å². The number of amides is 1. The molecule has 12 heavy (non-hydrogen) atoms. The summed E-state index contributed by atoms with van der Waals surface area (Å²) in [5.41, 5.74) is 2.17. The van der Waals surface area contributed by atoms with E-state index in [1.165, 1.54) is 0 Å². The van der Waals surface area contributed by atoms with E-state index in [9.17, 15) is 4.79 Å². The van der Waals surface area contributed by atoms with Crippen molar-refractivity contribution in [3.63, 3.8) is 0 Å². The molecule has 4 nitrogen and oxygen atoms in total. The quantitative estimate of drug-likeness (QED) is 0.668. The highest BCUT2D eigenvalue weighted by Crippen LogP contribution is 2.09. The Kier molecular flexibility index (Phi) is 2.28. The number of hydrogen-bond acceptors (Lipinski definition) is 2. The van der Waals surface area contributed by atoms with Crippen LogP contribution in [0.5, 0.6) is 0 Å². The van der Waals surface area contributed by atoms with Crippen LogP contribution in [0.3, 0.4) is 0 Å². The molecule has 0 unspecified atom stereocenters. The molecule has 0 spiro atoms. The molecule has 4 heteroatoms. The first-order valence-electron chi connectivity index (χ1n) is 3.53. The van der Waals surface area contributed by atoms with Crippen LogP contribution in [0, 0.1) is 13.8 Å². The van der Waals surface area contributed by atoms with Gasteiger partial charge in [-0.1, -0.05) is 0 Å². The zero-order valence-corrected chi connectivity index (χ0v) is 6.96. The summed E-state index contributed by atoms with van der Waals surface area (Å²) in [4.78, 5) is 14.4. The van der Waals surface area contributed by atoms with Crippen molar-refractivity contribution in [2.45, 2.75) is 13.8 Å². The Hall–Kier alpha value is -1.58. The van der Waals surface area contributed by atoms with Gasteiger partial charge in [-0.25, -0.2) is 4.79 Å². The lowest BCUT2D eigenvalue weighted by Gasteiger charge is -2.02. The van der Waals surface area contributed by atoms with Gasteiger partial charge < -0.3 is 5.11 Å². The van der Waals surface area contributed by atoms with Gasteiger partial charge in [0.25, 0.3) is 0 Å². The zero-order valence-electron chi connectivity index (χ0n) is 6.96. The molecule has 0 aromatic carbocycles. The summed E-state index contributed by atoms with van der Waals surface area (Å²) >= 11 is 0. The molecular formula is C8H10N2O2. The third-order valence-corrected chi connectivity index (χ3v) is 1.33. The predicted molar refractivity (Wildman–Crippen MR) is 45.4 cm³/mol. The normalized spacial score (nSPS) is 9.50. The molecule has 1 aromatic heterocycles. The van der Waals surface area contributed by atoms with Crippen LogP contribution in [0.4, 0.5) is 10.5 Å². The van der Waals surface area contributed by atoms with Gasteiger partial charge in [-0.2, -0.15) is 0 Å². The maximum atomic E-state index is 10.3. The Morgan fingerprint density at radius 3 is 2.33 bits per heavy atom. The van der Waals surface area contributed by atoms with Crippen LogP contribution in [0.25, 0.3) is 0 Å². The van der Waals surface area contributed by atoms with Crippen LogP contribution in [-0.2, 0) is 0 Å². The summed E-state index contributed by atoms with van der Waals surface area (Å²) in [6.07, 6.45) is -1.06. The smallest absolute Gasteiger partial charge is 0.409 e. The number of aromatic nitrogens is 1. The van der Waals surface area contributed by atoms with Gasteiger partial charge in [0, 0.05) is 17.1 Å². The van der Waals surface area contributed by atoms with Crippen LogP contribution in [0.15, 0.2) is 12.1 Å². The summed E-state index contributed by atoms with van der Waals surface area (Å²) in [5.74, 6) is 0. The van der Waals surface area contributed by atoms with Gasteiger partial charge in [-0.3, -0.25) is 10.3 Å². The molecule has 64 valence electrons. The van der Waals surface area contributed by atoms with E-state index in [4.69, 9.17) is 5.11 Å². The number of hydrogen-bond donors (Lipinski definition) is 2. The summed E-state index contributed by atoms with van der Waals surface area (Å²) in [5, 5.41) is 10.7. The highest BCUT2D eigenvalue weighted by molar-refractivity contribution is 5.82. The van der Waals surface area contributed by atoms with Crippen LogP contribution < -0.4 is 5.32 Å². The first-order chi connectivity index (χ1) is 5.58.